The maximum absolute atomic E-state index is 11.4. The van der Waals surface area contributed by atoms with Gasteiger partial charge in [0.2, 0.25) is 5.91 Å². The molecule has 0 saturated heterocycles. The van der Waals surface area contributed by atoms with E-state index >= 15 is 0 Å². The van der Waals surface area contributed by atoms with Crippen LogP contribution in [-0.4, -0.2) is 10.7 Å². The third-order valence-electron chi connectivity index (χ3n) is 2.09. The Bertz CT molecular complexity index is 337. The lowest BCUT2D eigenvalue weighted by Crippen LogP contribution is -2.31. The third-order valence-corrected chi connectivity index (χ3v) is 2.76. The normalized spacial score (nSPS) is 14.4. The van der Waals surface area contributed by atoms with E-state index in [1.54, 1.807) is 6.92 Å². The minimum Gasteiger partial charge on any atom is -0.349 e. The van der Waals surface area contributed by atoms with Crippen molar-refractivity contribution < 1.29 is 4.79 Å². The summed E-state index contributed by atoms with van der Waals surface area (Å²) in [7, 11) is 0. The van der Waals surface area contributed by atoms with Crippen molar-refractivity contribution in [2.24, 2.45) is 0 Å². The molecule has 4 heteroatoms. The van der Waals surface area contributed by atoms with Crippen LogP contribution in [0.4, 0.5) is 0 Å². The fourth-order valence-electron chi connectivity index (χ4n) is 1.16. The van der Waals surface area contributed by atoms with Crippen molar-refractivity contribution in [2.45, 2.75) is 24.7 Å². The molecule has 0 fully saturated rings. The second-order valence-electron chi connectivity index (χ2n) is 3.40. The number of rotatable bonds is 3. The number of alkyl halides is 1. The van der Waals surface area contributed by atoms with Crippen LogP contribution in [0.1, 0.15) is 25.5 Å². The molecule has 1 amide bonds. The number of hydrogen-bond acceptors (Lipinski definition) is 1. The lowest BCUT2D eigenvalue weighted by molar-refractivity contribution is -0.120. The van der Waals surface area contributed by atoms with E-state index in [-0.39, 0.29) is 16.8 Å². The molecule has 15 heavy (non-hydrogen) atoms. The first-order chi connectivity index (χ1) is 7.00. The minimum absolute atomic E-state index is 0.00485. The van der Waals surface area contributed by atoms with Crippen molar-refractivity contribution in [2.75, 3.05) is 0 Å². The van der Waals surface area contributed by atoms with Crippen molar-refractivity contribution in [3.8, 4) is 0 Å². The number of benzene rings is 1. The molecule has 0 aliphatic carbocycles. The largest absolute Gasteiger partial charge is 0.349 e. The van der Waals surface area contributed by atoms with Crippen LogP contribution < -0.4 is 5.32 Å². The Balaban J connectivity index is 2.65. The summed E-state index contributed by atoms with van der Waals surface area (Å²) in [5.74, 6) is -0.0162. The van der Waals surface area contributed by atoms with Crippen LogP contribution in [0.25, 0.3) is 0 Å². The fraction of sp³-hybridized carbons (Fsp3) is 0.364. The van der Waals surface area contributed by atoms with Gasteiger partial charge in [0.25, 0.3) is 0 Å². The SMILES string of the molecule is CC(Br)C(=O)N[C@H](C)c1ccc(Cl)cc1. The van der Waals surface area contributed by atoms with Gasteiger partial charge in [-0.1, -0.05) is 39.7 Å². The van der Waals surface area contributed by atoms with Crippen LogP contribution in [0.2, 0.25) is 5.02 Å². The average molecular weight is 291 g/mol. The highest BCUT2D eigenvalue weighted by Crippen LogP contribution is 2.16. The van der Waals surface area contributed by atoms with Gasteiger partial charge in [0.1, 0.15) is 0 Å². The van der Waals surface area contributed by atoms with Crippen LogP contribution in [-0.2, 0) is 4.79 Å². The summed E-state index contributed by atoms with van der Waals surface area (Å²) in [5.41, 5.74) is 1.04. The highest BCUT2D eigenvalue weighted by Gasteiger charge is 2.12. The van der Waals surface area contributed by atoms with Gasteiger partial charge in [-0.15, -0.1) is 0 Å². The van der Waals surface area contributed by atoms with Gasteiger partial charge in [0.05, 0.1) is 10.9 Å². The quantitative estimate of drug-likeness (QED) is 0.850. The molecule has 1 N–H and O–H groups in total. The van der Waals surface area contributed by atoms with E-state index in [9.17, 15) is 4.79 Å². The van der Waals surface area contributed by atoms with Gasteiger partial charge in [-0.05, 0) is 31.5 Å². The van der Waals surface area contributed by atoms with Gasteiger partial charge in [-0.2, -0.15) is 0 Å². The van der Waals surface area contributed by atoms with Gasteiger partial charge in [0, 0.05) is 5.02 Å². The Labute approximate surface area is 103 Å². The first-order valence-electron chi connectivity index (χ1n) is 4.70. The lowest BCUT2D eigenvalue weighted by Gasteiger charge is -2.15. The molecule has 0 aromatic heterocycles. The Hall–Kier alpha value is -0.540. The number of nitrogens with one attached hydrogen (secondary N) is 1. The molecule has 0 bridgehead atoms. The van der Waals surface area contributed by atoms with E-state index in [0.29, 0.717) is 5.02 Å². The van der Waals surface area contributed by atoms with Crippen LogP contribution in [0, 0.1) is 0 Å². The minimum atomic E-state index is -0.174. The van der Waals surface area contributed by atoms with Crippen LogP contribution in [0.15, 0.2) is 24.3 Å². The molecule has 82 valence electrons. The molecule has 0 saturated carbocycles. The van der Waals surface area contributed by atoms with Crippen molar-refractivity contribution in [3.63, 3.8) is 0 Å². The molecule has 0 radical (unpaired) electrons. The van der Waals surface area contributed by atoms with E-state index in [1.165, 1.54) is 0 Å². The first kappa shape index (κ1) is 12.5. The summed E-state index contributed by atoms with van der Waals surface area (Å²) in [4.78, 5) is 11.2. The molecular formula is C11H13BrClNO. The van der Waals surface area contributed by atoms with Crippen LogP contribution in [0.3, 0.4) is 0 Å². The van der Waals surface area contributed by atoms with Crippen LogP contribution in [0.5, 0.6) is 0 Å². The van der Waals surface area contributed by atoms with Crippen molar-refractivity contribution >= 4 is 33.4 Å². The van der Waals surface area contributed by atoms with E-state index < -0.39 is 0 Å². The Morgan fingerprint density at radius 1 is 1.33 bits per heavy atom. The van der Waals surface area contributed by atoms with Gasteiger partial charge in [-0.3, -0.25) is 4.79 Å². The van der Waals surface area contributed by atoms with E-state index in [0.717, 1.165) is 5.56 Å². The van der Waals surface area contributed by atoms with E-state index in [1.807, 2.05) is 31.2 Å². The van der Waals surface area contributed by atoms with Gasteiger partial charge in [-0.25, -0.2) is 0 Å². The number of halogens is 2. The fourth-order valence-corrected chi connectivity index (χ4v) is 1.42. The zero-order chi connectivity index (χ0) is 11.4. The van der Waals surface area contributed by atoms with Gasteiger partial charge in [0.15, 0.2) is 0 Å². The summed E-state index contributed by atoms with van der Waals surface area (Å²) in [6, 6.07) is 7.45. The number of carbonyl (C=O) groups excluding carboxylic acids is 1. The summed E-state index contributed by atoms with van der Waals surface area (Å²) < 4.78 is 0. The standard InChI is InChI=1S/C11H13BrClNO/c1-7(12)11(15)14-8(2)9-3-5-10(13)6-4-9/h3-8H,1-2H3,(H,14,15)/t7?,8-/m1/s1. The highest BCUT2D eigenvalue weighted by molar-refractivity contribution is 9.10. The molecule has 0 aliphatic rings. The Kier molecular flexibility index (Phi) is 4.61. The second-order valence-corrected chi connectivity index (χ2v) is 5.21. The van der Waals surface area contributed by atoms with Crippen molar-refractivity contribution in [1.29, 1.82) is 0 Å². The zero-order valence-corrected chi connectivity index (χ0v) is 11.0. The molecule has 0 heterocycles. The molecular weight excluding hydrogens is 277 g/mol. The lowest BCUT2D eigenvalue weighted by atomic mass is 10.1. The predicted molar refractivity (Wildman–Crippen MR) is 66.4 cm³/mol. The maximum Gasteiger partial charge on any atom is 0.233 e. The molecule has 2 atom stereocenters. The van der Waals surface area contributed by atoms with E-state index in [2.05, 4.69) is 21.2 Å². The highest BCUT2D eigenvalue weighted by atomic mass is 79.9. The molecule has 1 aromatic carbocycles. The van der Waals surface area contributed by atoms with E-state index in [4.69, 9.17) is 11.6 Å². The Morgan fingerprint density at radius 2 is 1.87 bits per heavy atom. The summed E-state index contributed by atoms with van der Waals surface area (Å²) >= 11 is 9.00. The molecule has 1 rings (SSSR count). The number of carbonyl (C=O) groups is 1. The molecule has 0 aliphatic heterocycles. The maximum atomic E-state index is 11.4. The van der Waals surface area contributed by atoms with Crippen molar-refractivity contribution in [1.82, 2.24) is 5.32 Å². The topological polar surface area (TPSA) is 29.1 Å². The zero-order valence-electron chi connectivity index (χ0n) is 8.63. The molecule has 2 nitrogen and oxygen atoms in total. The summed E-state index contributed by atoms with van der Waals surface area (Å²) in [5, 5.41) is 3.59. The smallest absolute Gasteiger partial charge is 0.233 e. The average Bonchev–Trinajstić information content (AvgIpc) is 2.18. The summed E-state index contributed by atoms with van der Waals surface area (Å²) in [6.07, 6.45) is 0. The first-order valence-corrected chi connectivity index (χ1v) is 6.00. The summed E-state index contributed by atoms with van der Waals surface area (Å²) in [6.45, 7) is 3.74. The monoisotopic (exact) mass is 289 g/mol. The molecule has 1 unspecified atom stereocenters. The second kappa shape index (κ2) is 5.52. The predicted octanol–water partition coefficient (Wildman–Crippen LogP) is 3.30. The van der Waals surface area contributed by atoms with Gasteiger partial charge >= 0.3 is 0 Å². The van der Waals surface area contributed by atoms with Crippen molar-refractivity contribution in [3.05, 3.63) is 34.9 Å². The number of hydrogen-bond donors (Lipinski definition) is 1. The third kappa shape index (κ3) is 3.84. The number of amides is 1. The van der Waals surface area contributed by atoms with Crippen LogP contribution >= 0.6 is 27.5 Å². The Morgan fingerprint density at radius 3 is 2.33 bits per heavy atom. The van der Waals surface area contributed by atoms with Gasteiger partial charge < -0.3 is 5.32 Å². The molecule has 1 aromatic rings. The molecule has 0 spiro atoms.